The summed E-state index contributed by atoms with van der Waals surface area (Å²) in [5.41, 5.74) is 0. The van der Waals surface area contributed by atoms with Gasteiger partial charge in [-0.3, -0.25) is 14.5 Å². The minimum Gasteiger partial charge on any atom is -0.465 e. The lowest BCUT2D eigenvalue weighted by Crippen LogP contribution is -2.34. The molecule has 0 spiro atoms. The summed E-state index contributed by atoms with van der Waals surface area (Å²) in [6.45, 7) is 15.4. The molecule has 0 aromatic heterocycles. The third-order valence-electron chi connectivity index (χ3n) is 12.3. The lowest BCUT2D eigenvalue weighted by Gasteiger charge is -2.25. The monoisotopic (exact) mass is 839 g/mol. The number of unbranched alkanes of at least 4 members (excludes halogenated alkanes) is 20. The molecule has 0 fully saturated rings. The molecule has 0 saturated carbocycles. The highest BCUT2D eigenvalue weighted by Crippen LogP contribution is 2.21. The predicted octanol–water partition coefficient (Wildman–Crippen LogP) is 12.8. The molecule has 0 aromatic rings. The second-order valence-corrected chi connectivity index (χ2v) is 18.0. The van der Waals surface area contributed by atoms with Crippen molar-refractivity contribution in [3.8, 4) is 0 Å². The SMILES string of the molecule is CCCCCCCCC(CCCCCC)COC(=O)CCCCCN(CCCCCC(=O)OCC(CCCCCC)CCCCCCCC)CCCN(CCO)CCO. The molecular weight excluding hydrogens is 737 g/mol. The lowest BCUT2D eigenvalue weighted by atomic mass is 9.95. The number of hydrogen-bond donors (Lipinski definition) is 2. The van der Waals surface area contributed by atoms with Crippen molar-refractivity contribution in [1.82, 2.24) is 9.80 Å². The fourth-order valence-corrected chi connectivity index (χ4v) is 8.37. The minimum atomic E-state index is -0.0324. The van der Waals surface area contributed by atoms with Crippen LogP contribution in [-0.2, 0) is 19.1 Å². The van der Waals surface area contributed by atoms with E-state index in [1.165, 1.54) is 154 Å². The average molecular weight is 839 g/mol. The Hall–Kier alpha value is -1.22. The van der Waals surface area contributed by atoms with Crippen molar-refractivity contribution >= 4 is 11.9 Å². The largest absolute Gasteiger partial charge is 0.465 e. The van der Waals surface area contributed by atoms with Gasteiger partial charge in [0.05, 0.1) is 26.4 Å². The lowest BCUT2D eigenvalue weighted by molar-refractivity contribution is -0.146. The van der Waals surface area contributed by atoms with Gasteiger partial charge in [0.2, 0.25) is 0 Å². The summed E-state index contributed by atoms with van der Waals surface area (Å²) in [5.74, 6) is 0.943. The quantitative estimate of drug-likeness (QED) is 0.0462. The van der Waals surface area contributed by atoms with Gasteiger partial charge in [-0.05, 0) is 95.8 Å². The Kier molecular flexibility index (Phi) is 45.3. The van der Waals surface area contributed by atoms with Crippen LogP contribution >= 0.6 is 0 Å². The van der Waals surface area contributed by atoms with E-state index in [9.17, 15) is 19.8 Å². The second-order valence-electron chi connectivity index (χ2n) is 18.0. The molecule has 0 saturated heterocycles. The fraction of sp³-hybridized carbons (Fsp3) is 0.961. The zero-order chi connectivity index (χ0) is 43.3. The third-order valence-corrected chi connectivity index (χ3v) is 12.3. The molecule has 0 aliphatic rings. The minimum absolute atomic E-state index is 0.0324. The van der Waals surface area contributed by atoms with Crippen molar-refractivity contribution in [2.45, 2.75) is 240 Å². The summed E-state index contributed by atoms with van der Waals surface area (Å²) in [7, 11) is 0. The van der Waals surface area contributed by atoms with E-state index in [1.54, 1.807) is 0 Å². The summed E-state index contributed by atoms with van der Waals surface area (Å²) >= 11 is 0. The first kappa shape index (κ1) is 57.8. The molecule has 0 aromatic carbocycles. The Balaban J connectivity index is 4.73. The zero-order valence-electron chi connectivity index (χ0n) is 40.0. The van der Waals surface area contributed by atoms with Crippen LogP contribution in [0.1, 0.15) is 240 Å². The van der Waals surface area contributed by atoms with Crippen LogP contribution in [-0.4, -0.2) is 97.6 Å². The van der Waals surface area contributed by atoms with Gasteiger partial charge in [-0.15, -0.1) is 0 Å². The molecular formula is C51H102N2O6. The van der Waals surface area contributed by atoms with Crippen molar-refractivity contribution in [3.05, 3.63) is 0 Å². The van der Waals surface area contributed by atoms with Crippen LogP contribution in [0.25, 0.3) is 0 Å². The van der Waals surface area contributed by atoms with Crippen molar-refractivity contribution < 1.29 is 29.3 Å². The highest BCUT2D eigenvalue weighted by molar-refractivity contribution is 5.69. The molecule has 0 rings (SSSR count). The van der Waals surface area contributed by atoms with E-state index in [1.807, 2.05) is 0 Å². The number of esters is 2. The number of carbonyl (C=O) groups excluding carboxylic acids is 2. The first-order valence-electron chi connectivity index (χ1n) is 25.9. The topological polar surface area (TPSA) is 99.5 Å². The molecule has 0 aliphatic heterocycles. The Morgan fingerprint density at radius 2 is 0.661 bits per heavy atom. The van der Waals surface area contributed by atoms with Gasteiger partial charge >= 0.3 is 11.9 Å². The van der Waals surface area contributed by atoms with Gasteiger partial charge in [-0.1, -0.05) is 169 Å². The summed E-state index contributed by atoms with van der Waals surface area (Å²) < 4.78 is 11.7. The second kappa shape index (κ2) is 46.3. The van der Waals surface area contributed by atoms with E-state index >= 15 is 0 Å². The molecule has 8 heteroatoms. The maximum absolute atomic E-state index is 12.7. The van der Waals surface area contributed by atoms with Crippen LogP contribution in [0.3, 0.4) is 0 Å². The van der Waals surface area contributed by atoms with Crippen LogP contribution in [0.4, 0.5) is 0 Å². The molecule has 0 bridgehead atoms. The summed E-state index contributed by atoms with van der Waals surface area (Å²) in [6, 6.07) is 0. The summed E-state index contributed by atoms with van der Waals surface area (Å²) in [5, 5.41) is 18.9. The van der Waals surface area contributed by atoms with Crippen LogP contribution < -0.4 is 0 Å². The number of hydrogen-bond acceptors (Lipinski definition) is 8. The number of rotatable bonds is 48. The van der Waals surface area contributed by atoms with Gasteiger partial charge in [0, 0.05) is 25.9 Å². The molecule has 2 N–H and O–H groups in total. The van der Waals surface area contributed by atoms with Crippen molar-refractivity contribution in [3.63, 3.8) is 0 Å². The number of carbonyl (C=O) groups is 2. The van der Waals surface area contributed by atoms with Crippen LogP contribution in [0.2, 0.25) is 0 Å². The van der Waals surface area contributed by atoms with E-state index in [2.05, 4.69) is 37.5 Å². The van der Waals surface area contributed by atoms with Gasteiger partial charge in [0.1, 0.15) is 0 Å². The molecule has 8 nitrogen and oxygen atoms in total. The normalized spacial score (nSPS) is 12.7. The smallest absolute Gasteiger partial charge is 0.305 e. The van der Waals surface area contributed by atoms with Crippen molar-refractivity contribution in [2.24, 2.45) is 11.8 Å². The van der Waals surface area contributed by atoms with Crippen LogP contribution in [0, 0.1) is 11.8 Å². The van der Waals surface area contributed by atoms with E-state index in [-0.39, 0.29) is 25.2 Å². The Morgan fingerprint density at radius 3 is 1.02 bits per heavy atom. The highest BCUT2D eigenvalue weighted by Gasteiger charge is 2.15. The maximum Gasteiger partial charge on any atom is 0.305 e. The van der Waals surface area contributed by atoms with Gasteiger partial charge in [0.25, 0.3) is 0 Å². The third kappa shape index (κ3) is 40.6. The average Bonchev–Trinajstić information content (AvgIpc) is 3.23. The first-order chi connectivity index (χ1) is 28.9. The van der Waals surface area contributed by atoms with E-state index in [4.69, 9.17) is 9.47 Å². The maximum atomic E-state index is 12.7. The van der Waals surface area contributed by atoms with Crippen LogP contribution in [0.15, 0.2) is 0 Å². The molecule has 59 heavy (non-hydrogen) atoms. The van der Waals surface area contributed by atoms with Gasteiger partial charge in [-0.2, -0.15) is 0 Å². The highest BCUT2D eigenvalue weighted by atomic mass is 16.5. The Bertz CT molecular complexity index is 811. The molecule has 2 atom stereocenters. The molecule has 0 radical (unpaired) electrons. The number of nitrogens with zero attached hydrogens (tertiary/aromatic N) is 2. The van der Waals surface area contributed by atoms with Crippen molar-refractivity contribution in [1.29, 1.82) is 0 Å². The summed E-state index contributed by atoms with van der Waals surface area (Å²) in [6.07, 6.45) is 38.4. The summed E-state index contributed by atoms with van der Waals surface area (Å²) in [4.78, 5) is 30.2. The Morgan fingerprint density at radius 1 is 0.373 bits per heavy atom. The van der Waals surface area contributed by atoms with Gasteiger partial charge in [0.15, 0.2) is 0 Å². The first-order valence-corrected chi connectivity index (χ1v) is 25.9. The molecule has 2 unspecified atom stereocenters. The number of ether oxygens (including phenoxy) is 2. The zero-order valence-corrected chi connectivity index (χ0v) is 40.0. The van der Waals surface area contributed by atoms with E-state index in [0.29, 0.717) is 51.0 Å². The van der Waals surface area contributed by atoms with E-state index in [0.717, 1.165) is 71.1 Å². The molecule has 352 valence electrons. The number of aliphatic hydroxyl groups excluding tert-OH is 2. The molecule has 0 heterocycles. The number of aliphatic hydroxyl groups is 2. The fourth-order valence-electron chi connectivity index (χ4n) is 8.37. The standard InChI is InChI=1S/C51H102N2O6/c1-5-9-13-17-19-25-34-48(32-23-15-11-7-3)46-58-50(56)36-27-21-29-38-52(40-31-41-53(42-44-54)43-45-55)39-30-22-28-37-51(57)59-47-49(33-24-16-12-8-4)35-26-20-18-14-10-6-2/h48-49,54-55H,5-47H2,1-4H3. The molecule has 0 aliphatic carbocycles. The van der Waals surface area contributed by atoms with Gasteiger partial charge in [-0.25, -0.2) is 0 Å². The van der Waals surface area contributed by atoms with Crippen molar-refractivity contribution in [2.75, 3.05) is 65.7 Å². The molecule has 0 amide bonds. The van der Waals surface area contributed by atoms with Gasteiger partial charge < -0.3 is 24.6 Å². The van der Waals surface area contributed by atoms with Crippen LogP contribution in [0.5, 0.6) is 0 Å². The Labute approximate surface area is 367 Å². The van der Waals surface area contributed by atoms with E-state index < -0.39 is 0 Å². The predicted molar refractivity (Wildman–Crippen MR) is 251 cm³/mol.